The van der Waals surface area contributed by atoms with Gasteiger partial charge in [0.25, 0.3) is 5.91 Å². The van der Waals surface area contributed by atoms with Gasteiger partial charge in [0.2, 0.25) is 5.91 Å². The Morgan fingerprint density at radius 1 is 1.12 bits per heavy atom. The quantitative estimate of drug-likeness (QED) is 0.801. The second-order valence-corrected chi connectivity index (χ2v) is 7.21. The lowest BCUT2D eigenvalue weighted by Crippen LogP contribution is -2.53. The minimum atomic E-state index is -1.33. The van der Waals surface area contributed by atoms with Crippen LogP contribution in [-0.4, -0.2) is 27.8 Å². The highest BCUT2D eigenvalue weighted by atomic mass is 35.5. The van der Waals surface area contributed by atoms with E-state index in [2.05, 4.69) is 0 Å². The van der Waals surface area contributed by atoms with E-state index in [0.717, 1.165) is 4.90 Å². The van der Waals surface area contributed by atoms with E-state index in [1.54, 1.807) is 49.4 Å². The summed E-state index contributed by atoms with van der Waals surface area (Å²) >= 11 is 11.9. The maximum atomic E-state index is 13.1. The van der Waals surface area contributed by atoms with Crippen molar-refractivity contribution in [3.8, 4) is 0 Å². The number of carboxylic acids is 1. The predicted octanol–water partition coefficient (Wildman–Crippen LogP) is 3.91. The molecule has 0 fully saturated rings. The molecule has 134 valence electrons. The molecule has 0 aromatic heterocycles. The lowest BCUT2D eigenvalue weighted by molar-refractivity contribution is -0.145. The molecule has 1 unspecified atom stereocenters. The van der Waals surface area contributed by atoms with Crippen molar-refractivity contribution in [2.75, 3.05) is 0 Å². The van der Waals surface area contributed by atoms with E-state index >= 15 is 0 Å². The van der Waals surface area contributed by atoms with Gasteiger partial charge in [0, 0.05) is 5.56 Å². The van der Waals surface area contributed by atoms with Gasteiger partial charge in [0.1, 0.15) is 0 Å². The fraction of sp³-hybridized carbons (Fsp3) is 0.211. The molecule has 0 saturated carbocycles. The number of carbonyl (C=O) groups excluding carboxylic acids is 2. The number of fused-ring (bicyclic) bond motifs is 1. The Bertz CT molecular complexity index is 928. The van der Waals surface area contributed by atoms with E-state index in [4.69, 9.17) is 23.2 Å². The minimum absolute atomic E-state index is 0.0158. The highest BCUT2D eigenvalue weighted by molar-refractivity contribution is 6.42. The van der Waals surface area contributed by atoms with Crippen molar-refractivity contribution >= 4 is 41.0 Å². The molecule has 2 amide bonds. The molecule has 3 rings (SSSR count). The first-order chi connectivity index (χ1) is 12.2. The van der Waals surface area contributed by atoms with Gasteiger partial charge in [0.15, 0.2) is 0 Å². The van der Waals surface area contributed by atoms with Gasteiger partial charge >= 0.3 is 5.97 Å². The molecular formula is C19H15Cl2NO4. The van der Waals surface area contributed by atoms with Crippen LogP contribution >= 0.6 is 23.2 Å². The molecule has 2 aromatic carbocycles. The molecule has 0 aliphatic carbocycles. The molecule has 1 atom stereocenters. The van der Waals surface area contributed by atoms with Crippen molar-refractivity contribution in [1.82, 2.24) is 4.90 Å². The third-order valence-corrected chi connectivity index (χ3v) is 5.28. The summed E-state index contributed by atoms with van der Waals surface area (Å²) in [6, 6.07) is 11.4. The number of hydrogen-bond donors (Lipinski definition) is 1. The summed E-state index contributed by atoms with van der Waals surface area (Å²) in [5.41, 5.74) is 0.0591. The van der Waals surface area contributed by atoms with Crippen molar-refractivity contribution in [2.24, 2.45) is 0 Å². The van der Waals surface area contributed by atoms with E-state index in [9.17, 15) is 19.5 Å². The highest BCUT2D eigenvalue weighted by Gasteiger charge is 2.48. The number of aliphatic carboxylic acids is 1. The maximum Gasteiger partial charge on any atom is 0.304 e. The molecule has 26 heavy (non-hydrogen) atoms. The lowest BCUT2D eigenvalue weighted by atomic mass is 9.73. The summed E-state index contributed by atoms with van der Waals surface area (Å²) in [6.45, 7) is 1.54. The van der Waals surface area contributed by atoms with Crippen LogP contribution in [0, 0.1) is 0 Å². The van der Waals surface area contributed by atoms with Crippen LogP contribution in [0.5, 0.6) is 0 Å². The molecule has 7 heteroatoms. The summed E-state index contributed by atoms with van der Waals surface area (Å²) in [6.07, 6.45) is -0.409. The first-order valence-corrected chi connectivity index (χ1v) is 8.61. The molecule has 0 saturated heterocycles. The van der Waals surface area contributed by atoms with Gasteiger partial charge in [0.05, 0.1) is 28.4 Å². The van der Waals surface area contributed by atoms with Gasteiger partial charge in [-0.3, -0.25) is 19.3 Å². The average molecular weight is 392 g/mol. The van der Waals surface area contributed by atoms with Crippen LogP contribution in [0.1, 0.15) is 34.8 Å². The van der Waals surface area contributed by atoms with Crippen LogP contribution in [0.15, 0.2) is 42.5 Å². The molecule has 1 aliphatic heterocycles. The molecule has 1 N–H and O–H groups in total. The summed E-state index contributed by atoms with van der Waals surface area (Å²) in [5.74, 6) is -2.12. The minimum Gasteiger partial charge on any atom is -0.481 e. The Labute approximate surface area is 160 Å². The number of hydrogen-bond acceptors (Lipinski definition) is 3. The Hall–Kier alpha value is -2.37. The first-order valence-electron chi connectivity index (χ1n) is 7.85. The number of benzene rings is 2. The second-order valence-electron chi connectivity index (χ2n) is 6.39. The predicted molar refractivity (Wildman–Crippen MR) is 97.4 cm³/mol. The largest absolute Gasteiger partial charge is 0.481 e. The molecule has 0 bridgehead atoms. The first kappa shape index (κ1) is 18.4. The van der Waals surface area contributed by atoms with Crippen LogP contribution in [0.4, 0.5) is 0 Å². The van der Waals surface area contributed by atoms with Gasteiger partial charge in [-0.1, -0.05) is 47.5 Å². The number of imide groups is 1. The average Bonchev–Trinajstić information content (AvgIpc) is 2.60. The van der Waals surface area contributed by atoms with E-state index in [-0.39, 0.29) is 6.54 Å². The topological polar surface area (TPSA) is 74.7 Å². The van der Waals surface area contributed by atoms with Gasteiger partial charge in [-0.25, -0.2) is 0 Å². The van der Waals surface area contributed by atoms with Crippen molar-refractivity contribution in [3.05, 3.63) is 69.2 Å². The highest BCUT2D eigenvalue weighted by Crippen LogP contribution is 2.38. The number of halogens is 2. The number of carboxylic acid groups (broad SMARTS) is 1. The van der Waals surface area contributed by atoms with E-state index in [0.29, 0.717) is 26.7 Å². The third kappa shape index (κ3) is 3.08. The van der Waals surface area contributed by atoms with E-state index in [1.807, 2.05) is 0 Å². The third-order valence-electron chi connectivity index (χ3n) is 4.54. The van der Waals surface area contributed by atoms with Gasteiger partial charge in [-0.05, 0) is 36.2 Å². The van der Waals surface area contributed by atoms with Crippen molar-refractivity contribution in [1.29, 1.82) is 0 Å². The van der Waals surface area contributed by atoms with Crippen LogP contribution in [0.2, 0.25) is 10.0 Å². The van der Waals surface area contributed by atoms with E-state index < -0.39 is 29.6 Å². The number of carbonyl (C=O) groups is 3. The SMILES string of the molecule is CC1(CC(=O)O)C(=O)N(Cc2ccc(Cl)c(Cl)c2)C(=O)c2ccccc21. The van der Waals surface area contributed by atoms with Crippen LogP contribution in [0.25, 0.3) is 0 Å². The molecule has 0 radical (unpaired) electrons. The molecule has 0 spiro atoms. The Kier molecular flexibility index (Phi) is 4.78. The molecule has 2 aromatic rings. The fourth-order valence-corrected chi connectivity index (χ4v) is 3.56. The zero-order valence-corrected chi connectivity index (χ0v) is 15.3. The van der Waals surface area contributed by atoms with Crippen molar-refractivity contribution < 1.29 is 19.5 Å². The number of amides is 2. The second kappa shape index (κ2) is 6.74. The number of rotatable bonds is 4. The van der Waals surface area contributed by atoms with Gasteiger partial charge in [-0.2, -0.15) is 0 Å². The summed E-state index contributed by atoms with van der Waals surface area (Å²) < 4.78 is 0. The monoisotopic (exact) mass is 391 g/mol. The van der Waals surface area contributed by atoms with Gasteiger partial charge < -0.3 is 5.11 Å². The fourth-order valence-electron chi connectivity index (χ4n) is 3.24. The lowest BCUT2D eigenvalue weighted by Gasteiger charge is -2.39. The maximum absolute atomic E-state index is 13.1. The molecule has 1 aliphatic rings. The zero-order valence-electron chi connectivity index (χ0n) is 13.8. The van der Waals surface area contributed by atoms with E-state index in [1.165, 1.54) is 0 Å². The Balaban J connectivity index is 2.06. The van der Waals surface area contributed by atoms with Crippen molar-refractivity contribution in [3.63, 3.8) is 0 Å². The summed E-state index contributed by atoms with van der Waals surface area (Å²) in [5, 5.41) is 9.98. The zero-order chi connectivity index (χ0) is 19.1. The van der Waals surface area contributed by atoms with Gasteiger partial charge in [-0.15, -0.1) is 0 Å². The standard InChI is InChI=1S/C19H15Cl2NO4/c1-19(9-16(23)24)13-5-3-2-4-12(13)17(25)22(18(19)26)10-11-6-7-14(20)15(21)8-11/h2-8H,9-10H2,1H3,(H,23,24). The molecule has 1 heterocycles. The molecule has 5 nitrogen and oxygen atoms in total. The van der Waals surface area contributed by atoms with Crippen LogP contribution < -0.4 is 0 Å². The summed E-state index contributed by atoms with van der Waals surface area (Å²) in [4.78, 5) is 38.4. The number of nitrogens with zero attached hydrogens (tertiary/aromatic N) is 1. The molecular weight excluding hydrogens is 377 g/mol. The normalized spacial score (nSPS) is 19.4. The smallest absolute Gasteiger partial charge is 0.304 e. The van der Waals surface area contributed by atoms with Crippen LogP contribution in [0.3, 0.4) is 0 Å². The summed E-state index contributed by atoms with van der Waals surface area (Å²) in [7, 11) is 0. The van der Waals surface area contributed by atoms with Crippen molar-refractivity contribution in [2.45, 2.75) is 25.3 Å². The Morgan fingerprint density at radius 3 is 2.46 bits per heavy atom. The van der Waals surface area contributed by atoms with Crippen LogP contribution in [-0.2, 0) is 21.5 Å². The Morgan fingerprint density at radius 2 is 1.81 bits per heavy atom.